The maximum absolute atomic E-state index is 10.9. The zero-order valence-electron chi connectivity index (χ0n) is 9.19. The van der Waals surface area contributed by atoms with Gasteiger partial charge >= 0.3 is 0 Å². The van der Waals surface area contributed by atoms with E-state index < -0.39 is 4.92 Å². The predicted molar refractivity (Wildman–Crippen MR) is 67.3 cm³/mol. The van der Waals surface area contributed by atoms with Crippen LogP contribution in [0.5, 0.6) is 0 Å². The Morgan fingerprint density at radius 3 is 2.78 bits per heavy atom. The summed E-state index contributed by atoms with van der Waals surface area (Å²) in [5, 5.41) is 19.2. The summed E-state index contributed by atoms with van der Waals surface area (Å²) in [6, 6.07) is 4.16. The monoisotopic (exact) mass is 281 g/mol. The van der Waals surface area contributed by atoms with Crippen molar-refractivity contribution in [1.29, 1.82) is 0 Å². The van der Waals surface area contributed by atoms with Gasteiger partial charge in [0, 0.05) is 22.6 Å². The lowest BCUT2D eigenvalue weighted by molar-refractivity contribution is -0.384. The number of carbonyl (C=O) groups is 1. The minimum Gasteiger partial charge on any atom is -0.298 e. The van der Waals surface area contributed by atoms with Gasteiger partial charge in [-0.3, -0.25) is 14.9 Å². The van der Waals surface area contributed by atoms with Gasteiger partial charge in [-0.05, 0) is 13.0 Å². The van der Waals surface area contributed by atoms with Crippen molar-refractivity contribution in [3.8, 4) is 0 Å². The first-order valence-corrected chi connectivity index (χ1v) is 6.45. The second-order valence-corrected chi connectivity index (χ2v) is 5.76. The number of nitrogens with zero attached hydrogens (tertiary/aromatic N) is 3. The minimum absolute atomic E-state index is 0.102. The van der Waals surface area contributed by atoms with E-state index in [1.54, 1.807) is 6.07 Å². The number of nitro groups is 1. The largest absolute Gasteiger partial charge is 0.298 e. The summed E-state index contributed by atoms with van der Waals surface area (Å²) < 4.78 is 0.699. The number of aryl methyl sites for hydroxylation is 1. The van der Waals surface area contributed by atoms with Crippen molar-refractivity contribution >= 4 is 35.1 Å². The van der Waals surface area contributed by atoms with Crippen LogP contribution >= 0.6 is 23.1 Å². The van der Waals surface area contributed by atoms with Crippen LogP contribution in [-0.2, 0) is 0 Å². The molecule has 2 rings (SSSR count). The van der Waals surface area contributed by atoms with Crippen molar-refractivity contribution in [2.24, 2.45) is 0 Å². The third kappa shape index (κ3) is 2.71. The quantitative estimate of drug-likeness (QED) is 0.486. The van der Waals surface area contributed by atoms with Crippen LogP contribution in [0.25, 0.3) is 0 Å². The van der Waals surface area contributed by atoms with Gasteiger partial charge in [0.05, 0.1) is 4.92 Å². The summed E-state index contributed by atoms with van der Waals surface area (Å²) >= 11 is 2.67. The van der Waals surface area contributed by atoms with Crippen molar-refractivity contribution in [1.82, 2.24) is 10.2 Å². The highest BCUT2D eigenvalue weighted by atomic mass is 32.2. The molecule has 0 fully saturated rings. The van der Waals surface area contributed by atoms with Crippen molar-refractivity contribution in [2.45, 2.75) is 16.2 Å². The van der Waals surface area contributed by atoms with Crippen LogP contribution in [0, 0.1) is 17.0 Å². The van der Waals surface area contributed by atoms with E-state index in [1.807, 2.05) is 6.92 Å². The lowest BCUT2D eigenvalue weighted by atomic mass is 10.2. The average Bonchev–Trinajstić information content (AvgIpc) is 2.75. The van der Waals surface area contributed by atoms with Crippen molar-refractivity contribution in [3.63, 3.8) is 0 Å². The lowest BCUT2D eigenvalue weighted by Gasteiger charge is -2.01. The zero-order valence-corrected chi connectivity index (χ0v) is 10.8. The Morgan fingerprint density at radius 1 is 1.44 bits per heavy atom. The first-order valence-electron chi connectivity index (χ1n) is 4.81. The van der Waals surface area contributed by atoms with Gasteiger partial charge in [-0.15, -0.1) is 10.2 Å². The molecule has 1 aromatic heterocycles. The number of aromatic nitrogens is 2. The van der Waals surface area contributed by atoms with Crippen molar-refractivity contribution in [3.05, 3.63) is 38.9 Å². The first kappa shape index (κ1) is 12.7. The summed E-state index contributed by atoms with van der Waals surface area (Å²) in [4.78, 5) is 21.6. The number of benzene rings is 1. The van der Waals surface area contributed by atoms with E-state index in [-0.39, 0.29) is 11.3 Å². The SMILES string of the molecule is Cc1nnc(Sc2ccc([N+](=O)[O-])cc2C=O)s1. The van der Waals surface area contributed by atoms with Gasteiger partial charge < -0.3 is 0 Å². The van der Waals surface area contributed by atoms with Gasteiger partial charge in [0.15, 0.2) is 10.6 Å². The van der Waals surface area contributed by atoms with Crippen molar-refractivity contribution in [2.75, 3.05) is 0 Å². The molecule has 0 atom stereocenters. The molecule has 0 aliphatic carbocycles. The molecule has 92 valence electrons. The van der Waals surface area contributed by atoms with E-state index in [0.717, 1.165) is 5.01 Å². The van der Waals surface area contributed by atoms with Crippen LogP contribution in [-0.4, -0.2) is 21.4 Å². The zero-order chi connectivity index (χ0) is 13.1. The Kier molecular flexibility index (Phi) is 3.68. The summed E-state index contributed by atoms with van der Waals surface area (Å²) in [7, 11) is 0. The normalized spacial score (nSPS) is 10.3. The smallest absolute Gasteiger partial charge is 0.270 e. The van der Waals surface area contributed by atoms with E-state index in [1.165, 1.54) is 35.2 Å². The molecule has 0 saturated carbocycles. The maximum atomic E-state index is 10.9. The van der Waals surface area contributed by atoms with Crippen LogP contribution in [0.4, 0.5) is 5.69 Å². The molecule has 2 aromatic rings. The highest BCUT2D eigenvalue weighted by molar-refractivity contribution is 8.01. The standard InChI is InChI=1S/C10H7N3O3S2/c1-6-11-12-10(17-6)18-9-3-2-8(13(15)16)4-7(9)5-14/h2-5H,1H3. The molecule has 0 unspecified atom stereocenters. The maximum Gasteiger partial charge on any atom is 0.270 e. The number of carbonyl (C=O) groups excluding carboxylic acids is 1. The van der Waals surface area contributed by atoms with Gasteiger partial charge in [0.2, 0.25) is 0 Å². The predicted octanol–water partition coefficient (Wildman–Crippen LogP) is 2.72. The van der Waals surface area contributed by atoms with Crippen LogP contribution in [0.1, 0.15) is 15.4 Å². The summed E-state index contributed by atoms with van der Waals surface area (Å²) in [5.41, 5.74) is 0.178. The molecule has 1 aromatic carbocycles. The fraction of sp³-hybridized carbons (Fsp3) is 0.100. The fourth-order valence-electron chi connectivity index (χ4n) is 1.25. The molecule has 0 aliphatic heterocycles. The molecule has 8 heteroatoms. The number of rotatable bonds is 4. The molecule has 0 spiro atoms. The Morgan fingerprint density at radius 2 is 2.22 bits per heavy atom. The molecule has 6 nitrogen and oxygen atoms in total. The van der Waals surface area contributed by atoms with Gasteiger partial charge in [-0.1, -0.05) is 23.1 Å². The van der Waals surface area contributed by atoms with Gasteiger partial charge in [-0.25, -0.2) is 0 Å². The number of nitro benzene ring substituents is 1. The fourth-order valence-corrected chi connectivity index (χ4v) is 3.09. The first-order chi connectivity index (χ1) is 8.60. The van der Waals surface area contributed by atoms with E-state index in [0.29, 0.717) is 15.5 Å². The Hall–Kier alpha value is -1.80. The molecule has 1 heterocycles. The highest BCUT2D eigenvalue weighted by Crippen LogP contribution is 2.33. The third-order valence-electron chi connectivity index (χ3n) is 2.04. The summed E-state index contributed by atoms with van der Waals surface area (Å²) in [5.74, 6) is 0. The van der Waals surface area contributed by atoms with Crippen LogP contribution < -0.4 is 0 Å². The Balaban J connectivity index is 2.33. The lowest BCUT2D eigenvalue weighted by Crippen LogP contribution is -1.91. The van der Waals surface area contributed by atoms with E-state index in [9.17, 15) is 14.9 Å². The van der Waals surface area contributed by atoms with E-state index >= 15 is 0 Å². The molecular weight excluding hydrogens is 274 g/mol. The third-order valence-corrected chi connectivity index (χ3v) is 4.02. The second kappa shape index (κ2) is 5.23. The van der Waals surface area contributed by atoms with E-state index in [4.69, 9.17) is 0 Å². The van der Waals surface area contributed by atoms with Crippen LogP contribution in [0.15, 0.2) is 27.4 Å². The molecular formula is C10H7N3O3S2. The summed E-state index contributed by atoms with van der Waals surface area (Å²) in [6.45, 7) is 1.83. The molecule has 18 heavy (non-hydrogen) atoms. The second-order valence-electron chi connectivity index (χ2n) is 3.29. The van der Waals surface area contributed by atoms with Gasteiger partial charge in [0.25, 0.3) is 5.69 Å². The van der Waals surface area contributed by atoms with Crippen molar-refractivity contribution < 1.29 is 9.72 Å². The number of aldehydes is 1. The van der Waals surface area contributed by atoms with Crippen LogP contribution in [0.3, 0.4) is 0 Å². The molecule has 0 bridgehead atoms. The number of hydrogen-bond acceptors (Lipinski definition) is 7. The van der Waals surface area contributed by atoms with Crippen LogP contribution in [0.2, 0.25) is 0 Å². The average molecular weight is 281 g/mol. The minimum atomic E-state index is -0.531. The Bertz CT molecular complexity index is 612. The molecule has 0 amide bonds. The highest BCUT2D eigenvalue weighted by Gasteiger charge is 2.12. The topological polar surface area (TPSA) is 86.0 Å². The molecule has 0 radical (unpaired) electrons. The molecule has 0 saturated heterocycles. The summed E-state index contributed by atoms with van der Waals surface area (Å²) in [6.07, 6.45) is 0.600. The Labute approximate surface area is 110 Å². The van der Waals surface area contributed by atoms with Gasteiger partial charge in [0.1, 0.15) is 5.01 Å². The van der Waals surface area contributed by atoms with Gasteiger partial charge in [-0.2, -0.15) is 0 Å². The number of non-ortho nitro benzene ring substituents is 1. The molecule has 0 N–H and O–H groups in total. The van der Waals surface area contributed by atoms with E-state index in [2.05, 4.69) is 10.2 Å². The molecule has 0 aliphatic rings. The number of hydrogen-bond donors (Lipinski definition) is 0.